The van der Waals surface area contributed by atoms with Crippen LogP contribution in [0.2, 0.25) is 0 Å². The molecule has 1 aliphatic rings. The SMILES string of the molecule is CC1CCN(C(=O)C/C(=C\c2cccs2)C(=O)O)CC1. The molecule has 0 radical (unpaired) electrons. The Morgan fingerprint density at radius 2 is 2.15 bits per heavy atom. The van der Waals surface area contributed by atoms with Crippen LogP contribution in [0.15, 0.2) is 23.1 Å². The smallest absolute Gasteiger partial charge is 0.332 e. The van der Waals surface area contributed by atoms with Gasteiger partial charge in [-0.05, 0) is 36.3 Å². The maximum Gasteiger partial charge on any atom is 0.332 e. The summed E-state index contributed by atoms with van der Waals surface area (Å²) in [6.07, 6.45) is 3.57. The highest BCUT2D eigenvalue weighted by atomic mass is 32.1. The molecule has 1 aliphatic heterocycles. The molecule has 2 heterocycles. The van der Waals surface area contributed by atoms with E-state index < -0.39 is 5.97 Å². The van der Waals surface area contributed by atoms with Crippen molar-refractivity contribution in [3.05, 3.63) is 28.0 Å². The van der Waals surface area contributed by atoms with Crippen molar-refractivity contribution < 1.29 is 14.7 Å². The minimum Gasteiger partial charge on any atom is -0.478 e. The summed E-state index contributed by atoms with van der Waals surface area (Å²) in [6, 6.07) is 3.71. The van der Waals surface area contributed by atoms with Crippen molar-refractivity contribution in [3.63, 3.8) is 0 Å². The summed E-state index contributed by atoms with van der Waals surface area (Å²) in [5, 5.41) is 11.1. The predicted molar refractivity (Wildman–Crippen MR) is 79.5 cm³/mol. The molecule has 1 aromatic rings. The van der Waals surface area contributed by atoms with Crippen molar-refractivity contribution in [3.8, 4) is 0 Å². The monoisotopic (exact) mass is 293 g/mol. The van der Waals surface area contributed by atoms with Gasteiger partial charge in [0.1, 0.15) is 0 Å². The van der Waals surface area contributed by atoms with Crippen molar-refractivity contribution in [1.82, 2.24) is 4.90 Å². The number of nitrogens with zero attached hydrogens (tertiary/aromatic N) is 1. The van der Waals surface area contributed by atoms with E-state index in [-0.39, 0.29) is 17.9 Å². The lowest BCUT2D eigenvalue weighted by Crippen LogP contribution is -2.38. The Morgan fingerprint density at radius 3 is 2.70 bits per heavy atom. The number of carbonyl (C=O) groups is 2. The number of carboxylic acid groups (broad SMARTS) is 1. The number of carboxylic acids is 1. The maximum atomic E-state index is 12.2. The molecule has 1 fully saturated rings. The molecule has 0 aliphatic carbocycles. The first-order valence-corrected chi connectivity index (χ1v) is 7.69. The highest BCUT2D eigenvalue weighted by Crippen LogP contribution is 2.20. The Kier molecular flexibility index (Phi) is 4.95. The number of hydrogen-bond donors (Lipinski definition) is 1. The normalized spacial score (nSPS) is 17.2. The van der Waals surface area contributed by atoms with Gasteiger partial charge in [0, 0.05) is 23.5 Å². The molecule has 1 aromatic heterocycles. The molecule has 1 amide bonds. The number of piperidine rings is 1. The second-order valence-corrected chi connectivity index (χ2v) is 6.21. The summed E-state index contributed by atoms with van der Waals surface area (Å²) in [5.74, 6) is -0.445. The van der Waals surface area contributed by atoms with Crippen LogP contribution in [0.5, 0.6) is 0 Å². The van der Waals surface area contributed by atoms with Crippen molar-refractivity contribution in [2.45, 2.75) is 26.2 Å². The van der Waals surface area contributed by atoms with Crippen LogP contribution < -0.4 is 0 Å². The number of thiophene rings is 1. The minimum atomic E-state index is -1.02. The van der Waals surface area contributed by atoms with Gasteiger partial charge in [0.2, 0.25) is 5.91 Å². The van der Waals surface area contributed by atoms with Gasteiger partial charge >= 0.3 is 5.97 Å². The Bertz CT molecular complexity index is 499. The van der Waals surface area contributed by atoms with Gasteiger partial charge in [-0.2, -0.15) is 0 Å². The summed E-state index contributed by atoms with van der Waals surface area (Å²) in [4.78, 5) is 26.1. The van der Waals surface area contributed by atoms with E-state index in [1.54, 1.807) is 11.0 Å². The summed E-state index contributed by atoms with van der Waals surface area (Å²) in [7, 11) is 0. The van der Waals surface area contributed by atoms with E-state index in [0.717, 1.165) is 30.8 Å². The Hall–Kier alpha value is -1.62. The molecule has 20 heavy (non-hydrogen) atoms. The molecule has 0 spiro atoms. The lowest BCUT2D eigenvalue weighted by molar-refractivity contribution is -0.136. The number of carbonyl (C=O) groups excluding carboxylic acids is 1. The van der Waals surface area contributed by atoms with Crippen molar-refractivity contribution in [1.29, 1.82) is 0 Å². The number of rotatable bonds is 4. The standard InChI is InChI=1S/C15H19NO3S/c1-11-4-6-16(7-5-11)14(17)10-12(15(18)19)9-13-3-2-8-20-13/h2-3,8-9,11H,4-7,10H2,1H3,(H,18,19)/b12-9+. The van der Waals surface area contributed by atoms with Crippen LogP contribution in [0.4, 0.5) is 0 Å². The number of likely N-dealkylation sites (tertiary alicyclic amines) is 1. The van der Waals surface area contributed by atoms with Gasteiger partial charge in [-0.1, -0.05) is 13.0 Å². The lowest BCUT2D eigenvalue weighted by Gasteiger charge is -2.30. The van der Waals surface area contributed by atoms with Crippen LogP contribution in [-0.2, 0) is 9.59 Å². The average Bonchev–Trinajstić information content (AvgIpc) is 2.91. The summed E-state index contributed by atoms with van der Waals surface area (Å²) in [6.45, 7) is 3.67. The van der Waals surface area contributed by atoms with E-state index in [1.165, 1.54) is 11.3 Å². The zero-order valence-corrected chi connectivity index (χ0v) is 12.4. The fourth-order valence-electron chi connectivity index (χ4n) is 2.27. The largest absolute Gasteiger partial charge is 0.478 e. The second-order valence-electron chi connectivity index (χ2n) is 5.23. The predicted octanol–water partition coefficient (Wildman–Crippen LogP) is 2.86. The fourth-order valence-corrected chi connectivity index (χ4v) is 2.95. The molecule has 1 N–H and O–H groups in total. The van der Waals surface area contributed by atoms with Crippen LogP contribution in [0.25, 0.3) is 6.08 Å². The first-order chi connectivity index (χ1) is 9.56. The molecule has 0 unspecified atom stereocenters. The zero-order valence-electron chi connectivity index (χ0n) is 11.5. The van der Waals surface area contributed by atoms with E-state index in [0.29, 0.717) is 5.92 Å². The van der Waals surface area contributed by atoms with Gasteiger partial charge in [0.25, 0.3) is 0 Å². The first kappa shape index (κ1) is 14.8. The topological polar surface area (TPSA) is 57.6 Å². The zero-order chi connectivity index (χ0) is 14.5. The second kappa shape index (κ2) is 6.70. The molecule has 5 heteroatoms. The van der Waals surface area contributed by atoms with E-state index in [2.05, 4.69) is 6.92 Å². The summed E-state index contributed by atoms with van der Waals surface area (Å²) >= 11 is 1.47. The Balaban J connectivity index is 2.01. The fraction of sp³-hybridized carbons (Fsp3) is 0.467. The van der Waals surface area contributed by atoms with Crippen molar-refractivity contribution >= 4 is 29.3 Å². The average molecular weight is 293 g/mol. The molecule has 0 aromatic carbocycles. The van der Waals surface area contributed by atoms with Gasteiger partial charge < -0.3 is 10.0 Å². The number of aliphatic carboxylic acids is 1. The van der Waals surface area contributed by atoms with Gasteiger partial charge in [-0.3, -0.25) is 4.79 Å². The quantitative estimate of drug-likeness (QED) is 0.868. The van der Waals surface area contributed by atoms with Crippen molar-refractivity contribution in [2.75, 3.05) is 13.1 Å². The molecule has 4 nitrogen and oxygen atoms in total. The summed E-state index contributed by atoms with van der Waals surface area (Å²) < 4.78 is 0. The highest BCUT2D eigenvalue weighted by molar-refractivity contribution is 7.10. The van der Waals surface area contributed by atoms with Crippen LogP contribution in [0, 0.1) is 5.92 Å². The summed E-state index contributed by atoms with van der Waals surface area (Å²) in [5.41, 5.74) is 0.163. The lowest BCUT2D eigenvalue weighted by atomic mass is 9.98. The van der Waals surface area contributed by atoms with Crippen molar-refractivity contribution in [2.24, 2.45) is 5.92 Å². The van der Waals surface area contributed by atoms with Gasteiger partial charge in [0.15, 0.2) is 0 Å². The first-order valence-electron chi connectivity index (χ1n) is 6.81. The van der Waals surface area contributed by atoms with E-state index >= 15 is 0 Å². The van der Waals surface area contributed by atoms with Crippen LogP contribution >= 0.6 is 11.3 Å². The molecule has 0 bridgehead atoms. The number of amides is 1. The van der Waals surface area contributed by atoms with Gasteiger partial charge in [-0.15, -0.1) is 11.3 Å². The van der Waals surface area contributed by atoms with E-state index in [4.69, 9.17) is 0 Å². The third-order valence-corrected chi connectivity index (χ3v) is 4.43. The number of hydrogen-bond acceptors (Lipinski definition) is 3. The maximum absolute atomic E-state index is 12.2. The van der Waals surface area contributed by atoms with Crippen LogP contribution in [0.1, 0.15) is 31.1 Å². The molecular weight excluding hydrogens is 274 g/mol. The third kappa shape index (κ3) is 3.93. The Labute approximate surface area is 122 Å². The molecule has 0 saturated carbocycles. The molecular formula is C15H19NO3S. The Morgan fingerprint density at radius 1 is 1.45 bits per heavy atom. The van der Waals surface area contributed by atoms with E-state index in [9.17, 15) is 14.7 Å². The third-order valence-electron chi connectivity index (χ3n) is 3.61. The molecule has 108 valence electrons. The van der Waals surface area contributed by atoms with E-state index in [1.807, 2.05) is 17.5 Å². The van der Waals surface area contributed by atoms with Crippen LogP contribution in [-0.4, -0.2) is 35.0 Å². The minimum absolute atomic E-state index is 0.0262. The molecule has 1 saturated heterocycles. The van der Waals surface area contributed by atoms with Gasteiger partial charge in [0.05, 0.1) is 6.42 Å². The van der Waals surface area contributed by atoms with Crippen LogP contribution in [0.3, 0.4) is 0 Å². The van der Waals surface area contributed by atoms with Gasteiger partial charge in [-0.25, -0.2) is 4.79 Å². The molecule has 0 atom stereocenters. The molecule has 2 rings (SSSR count). The highest BCUT2D eigenvalue weighted by Gasteiger charge is 2.22.